The summed E-state index contributed by atoms with van der Waals surface area (Å²) in [4.78, 5) is 47.9. The van der Waals surface area contributed by atoms with Crippen molar-refractivity contribution in [1.29, 1.82) is 0 Å². The minimum absolute atomic E-state index is 0.110. The minimum atomic E-state index is -1.47. The molecule has 37 heavy (non-hydrogen) atoms. The van der Waals surface area contributed by atoms with Crippen molar-refractivity contribution in [3.8, 4) is 5.69 Å². The van der Waals surface area contributed by atoms with Crippen LogP contribution in [0.5, 0.6) is 0 Å². The van der Waals surface area contributed by atoms with Crippen molar-refractivity contribution >= 4 is 51.7 Å². The first-order chi connectivity index (χ1) is 17.8. The van der Waals surface area contributed by atoms with Gasteiger partial charge in [-0.2, -0.15) is 4.57 Å². The van der Waals surface area contributed by atoms with Gasteiger partial charge in [0, 0.05) is 29.8 Å². The Labute approximate surface area is 218 Å². The van der Waals surface area contributed by atoms with Crippen molar-refractivity contribution in [3.63, 3.8) is 0 Å². The standard InChI is InChI=1S/C22H21N7O6S2/c1-35-26-15(14-10-37-22(23)24-14)18(31)25-16-19(32)29-17(21(33)34)11(9-36-20(16)29)6-27-4-5-28-12(7-27)2-3-13(28)8-30/h2-5,7,10,16,20,30H,6,8-9H2,1H3,(H3-,23,24,25,31,33,34)/b26-15-/t16-,20-/m1/s1. The van der Waals surface area contributed by atoms with Crippen LogP contribution in [0, 0.1) is 0 Å². The molecule has 2 amide bonds. The molecule has 0 aliphatic carbocycles. The molecule has 15 heteroatoms. The van der Waals surface area contributed by atoms with Gasteiger partial charge in [0.25, 0.3) is 11.8 Å². The Balaban J connectivity index is 1.35. The summed E-state index contributed by atoms with van der Waals surface area (Å²) in [6.45, 7) is 0.109. The molecular weight excluding hydrogens is 522 g/mol. The van der Waals surface area contributed by atoms with Gasteiger partial charge in [-0.05, 0) is 5.57 Å². The molecule has 1 aromatic rings. The summed E-state index contributed by atoms with van der Waals surface area (Å²) in [6.07, 6.45) is 5.35. The molecule has 5 heterocycles. The average molecular weight is 544 g/mol. The van der Waals surface area contributed by atoms with E-state index in [0.29, 0.717) is 11.3 Å². The van der Waals surface area contributed by atoms with Gasteiger partial charge in [0.2, 0.25) is 11.4 Å². The first-order valence-electron chi connectivity index (χ1n) is 10.9. The number of carbonyl (C=O) groups is 3. The molecule has 0 spiro atoms. The number of nitrogens with one attached hydrogen (secondary N) is 1. The number of aliphatic carboxylic acids is 1. The third-order valence-electron chi connectivity index (χ3n) is 5.96. The van der Waals surface area contributed by atoms with E-state index >= 15 is 0 Å². The first-order valence-corrected chi connectivity index (χ1v) is 12.9. The number of aliphatic hydroxyl groups is 1. The topological polar surface area (TPSA) is 179 Å². The summed E-state index contributed by atoms with van der Waals surface area (Å²) < 4.78 is 3.62. The van der Waals surface area contributed by atoms with Crippen LogP contribution < -0.4 is 20.7 Å². The Morgan fingerprint density at radius 1 is 1.43 bits per heavy atom. The molecule has 1 saturated heterocycles. The number of nitrogens with zero attached hydrogens (tertiary/aromatic N) is 5. The van der Waals surface area contributed by atoms with Crippen LogP contribution in [0.4, 0.5) is 5.13 Å². The molecule has 0 radical (unpaired) electrons. The molecule has 0 aromatic carbocycles. The number of oxime groups is 1. The highest BCUT2D eigenvalue weighted by molar-refractivity contribution is 8.00. The minimum Gasteiger partial charge on any atom is -0.543 e. The first kappa shape index (κ1) is 24.7. The van der Waals surface area contributed by atoms with Crippen LogP contribution in [-0.2, 0) is 32.4 Å². The number of rotatable bonds is 8. The maximum Gasteiger partial charge on any atom is 0.276 e. The number of β-lactam (4-membered cyclic amide) rings is 1. The van der Waals surface area contributed by atoms with E-state index in [1.807, 2.05) is 16.8 Å². The highest BCUT2D eigenvalue weighted by atomic mass is 32.2. The lowest BCUT2D eigenvalue weighted by atomic mass is 10.0. The van der Waals surface area contributed by atoms with E-state index in [1.165, 1.54) is 24.3 Å². The predicted octanol–water partition coefficient (Wildman–Crippen LogP) is -1.81. The fourth-order valence-corrected chi connectivity index (χ4v) is 6.19. The Morgan fingerprint density at radius 2 is 2.24 bits per heavy atom. The fraction of sp³-hybridized carbons (Fsp3) is 0.273. The van der Waals surface area contributed by atoms with Crippen LogP contribution in [0.15, 0.2) is 52.5 Å². The lowest BCUT2D eigenvalue weighted by Crippen LogP contribution is -2.71. The van der Waals surface area contributed by atoms with Crippen molar-refractivity contribution < 1.29 is 34.0 Å². The quantitative estimate of drug-likeness (QED) is 0.128. The van der Waals surface area contributed by atoms with Crippen molar-refractivity contribution in [3.05, 3.63) is 58.8 Å². The second-order valence-corrected chi connectivity index (χ2v) is 10.2. The molecule has 0 saturated carbocycles. The maximum atomic E-state index is 13.0. The zero-order valence-electron chi connectivity index (χ0n) is 19.4. The van der Waals surface area contributed by atoms with E-state index in [1.54, 1.807) is 23.0 Å². The smallest absolute Gasteiger partial charge is 0.276 e. The number of aromatic nitrogens is 3. The molecule has 0 unspecified atom stereocenters. The highest BCUT2D eigenvalue weighted by Crippen LogP contribution is 2.40. The largest absolute Gasteiger partial charge is 0.543 e. The van der Waals surface area contributed by atoms with Gasteiger partial charge >= 0.3 is 0 Å². The monoisotopic (exact) mass is 543 g/mol. The summed E-state index contributed by atoms with van der Waals surface area (Å²) in [5, 5.41) is 29.0. The number of hydrogen-bond donors (Lipinski definition) is 3. The van der Waals surface area contributed by atoms with Crippen molar-refractivity contribution in [1.82, 2.24) is 19.8 Å². The molecule has 5 rings (SSSR count). The van der Waals surface area contributed by atoms with Crippen molar-refractivity contribution in [2.45, 2.75) is 24.6 Å². The van der Waals surface area contributed by atoms with E-state index in [2.05, 4.69) is 15.5 Å². The van der Waals surface area contributed by atoms with Gasteiger partial charge in [0.05, 0.1) is 24.1 Å². The Morgan fingerprint density at radius 3 is 2.92 bits per heavy atom. The summed E-state index contributed by atoms with van der Waals surface area (Å²) in [5.41, 5.74) is 7.54. The zero-order chi connectivity index (χ0) is 26.3. The number of hydrogen-bond acceptors (Lipinski definition) is 11. The molecule has 2 atom stereocenters. The predicted molar refractivity (Wildman–Crippen MR) is 130 cm³/mol. The van der Waals surface area contributed by atoms with E-state index in [0.717, 1.165) is 27.6 Å². The molecule has 4 aliphatic rings. The molecule has 192 valence electrons. The number of carboxylic acids is 1. The molecular formula is C22H21N7O6S2. The van der Waals surface area contributed by atoms with Crippen LogP contribution in [0.25, 0.3) is 5.69 Å². The number of aliphatic hydroxyl groups excluding tert-OH is 1. The van der Waals surface area contributed by atoms with Gasteiger partial charge in [0.1, 0.15) is 30.8 Å². The van der Waals surface area contributed by atoms with Gasteiger partial charge < -0.3 is 35.5 Å². The average Bonchev–Trinajstić information content (AvgIpc) is 3.50. The normalized spacial score (nSPS) is 19.6. The molecule has 1 aromatic heterocycles. The molecule has 13 nitrogen and oxygen atoms in total. The summed E-state index contributed by atoms with van der Waals surface area (Å²) in [6, 6.07) is 2.68. The van der Waals surface area contributed by atoms with Crippen LogP contribution >= 0.6 is 23.1 Å². The van der Waals surface area contributed by atoms with Gasteiger partial charge in [-0.1, -0.05) is 5.16 Å². The van der Waals surface area contributed by atoms with Gasteiger partial charge in [-0.25, -0.2) is 4.98 Å². The van der Waals surface area contributed by atoms with E-state index in [4.69, 9.17) is 10.6 Å². The number of carboxylic acid groups (broad SMARTS) is 1. The lowest BCUT2D eigenvalue weighted by molar-refractivity contribution is -0.604. The molecule has 4 N–H and O–H groups in total. The number of fused-ring (bicyclic) bond motifs is 2. The van der Waals surface area contributed by atoms with Gasteiger partial charge in [-0.15, -0.1) is 23.1 Å². The van der Waals surface area contributed by atoms with Gasteiger partial charge in [-0.3, -0.25) is 14.5 Å². The van der Waals surface area contributed by atoms with E-state index < -0.39 is 29.2 Å². The number of thiazole rings is 1. The summed E-state index contributed by atoms with van der Waals surface area (Å²) >= 11 is 2.46. The highest BCUT2D eigenvalue weighted by Gasteiger charge is 2.53. The number of nitrogens with two attached hydrogens (primary N) is 1. The Bertz CT molecular complexity index is 1430. The molecule has 0 bridgehead atoms. The van der Waals surface area contributed by atoms with Crippen LogP contribution in [0.2, 0.25) is 0 Å². The van der Waals surface area contributed by atoms with Crippen LogP contribution in [0.1, 0.15) is 11.4 Å². The Kier molecular flexibility index (Phi) is 6.57. The maximum absolute atomic E-state index is 13.0. The number of thioether (sulfide) groups is 1. The second-order valence-electron chi connectivity index (χ2n) is 8.17. The fourth-order valence-electron chi connectivity index (χ4n) is 4.30. The summed E-state index contributed by atoms with van der Waals surface area (Å²) in [5.74, 6) is -2.43. The van der Waals surface area contributed by atoms with Gasteiger partial charge in [0.15, 0.2) is 17.0 Å². The number of nitrogen functional groups attached to an aromatic ring is 1. The van der Waals surface area contributed by atoms with E-state index in [-0.39, 0.29) is 35.4 Å². The number of carbonyl (C=O) groups excluding carboxylic acids is 3. The second kappa shape index (κ2) is 9.84. The molecule has 1 fully saturated rings. The van der Waals surface area contributed by atoms with Crippen molar-refractivity contribution in [2.75, 3.05) is 18.6 Å². The summed E-state index contributed by atoms with van der Waals surface area (Å²) in [7, 11) is 1.27. The third kappa shape index (κ3) is 4.41. The third-order valence-corrected chi connectivity index (χ3v) is 7.98. The SMILES string of the molecule is CO/N=C(\C(=O)N[C@@H]1C(=O)N2C(C(=O)[O-])=C(Cn3cc[n+]4c(CO)ccc-4c3)CS[C@H]12)c1csc(N)n1. The number of amides is 2. The zero-order valence-corrected chi connectivity index (χ0v) is 21.0. The van der Waals surface area contributed by atoms with Crippen molar-refractivity contribution in [2.24, 2.45) is 5.16 Å². The van der Waals surface area contributed by atoms with Crippen LogP contribution in [0.3, 0.4) is 0 Å². The Hall–Kier alpha value is -3.95. The lowest BCUT2D eigenvalue weighted by Gasteiger charge is -2.50. The van der Waals surface area contributed by atoms with E-state index in [9.17, 15) is 24.6 Å². The van der Waals surface area contributed by atoms with Crippen LogP contribution in [-0.4, -0.2) is 67.3 Å². The number of anilines is 1. The molecule has 4 aliphatic heterocycles.